The van der Waals surface area contributed by atoms with E-state index in [4.69, 9.17) is 4.74 Å². The summed E-state index contributed by atoms with van der Waals surface area (Å²) in [6.07, 6.45) is 0.119. The molecule has 6 heteroatoms. The van der Waals surface area contributed by atoms with Crippen LogP contribution in [0.4, 0.5) is 5.82 Å². The van der Waals surface area contributed by atoms with E-state index in [0.717, 1.165) is 30.9 Å². The molecule has 1 saturated heterocycles. The number of nitriles is 1. The Morgan fingerprint density at radius 3 is 2.95 bits per heavy atom. The van der Waals surface area contributed by atoms with E-state index in [-0.39, 0.29) is 6.10 Å². The number of hydrogen-bond donors (Lipinski definition) is 1. The molecule has 1 unspecified atom stereocenters. The maximum atomic E-state index is 9.34. The van der Waals surface area contributed by atoms with Gasteiger partial charge < -0.3 is 15.0 Å². The molecule has 0 bridgehead atoms. The van der Waals surface area contributed by atoms with E-state index in [2.05, 4.69) is 26.5 Å². The van der Waals surface area contributed by atoms with E-state index < -0.39 is 0 Å². The summed E-state index contributed by atoms with van der Waals surface area (Å²) < 4.78 is 5.66. The largest absolute Gasteiger partial charge is 0.373 e. The molecule has 0 radical (unpaired) electrons. The third-order valence-electron chi connectivity index (χ3n) is 3.42. The molecular weight excluding hydrogens is 242 g/mol. The van der Waals surface area contributed by atoms with Crippen LogP contribution in [-0.2, 0) is 4.74 Å². The number of nitrogens with one attached hydrogen (secondary N) is 1. The highest BCUT2D eigenvalue weighted by atomic mass is 16.5. The zero-order chi connectivity index (χ0) is 13.8. The predicted molar refractivity (Wildman–Crippen MR) is 72.1 cm³/mol. The summed E-state index contributed by atoms with van der Waals surface area (Å²) in [5.74, 6) is 0.676. The third kappa shape index (κ3) is 2.83. The molecule has 0 amide bonds. The minimum atomic E-state index is 0.119. The average molecular weight is 261 g/mol. The van der Waals surface area contributed by atoms with Crippen molar-refractivity contribution in [3.05, 3.63) is 16.8 Å². The Hall–Kier alpha value is -1.71. The van der Waals surface area contributed by atoms with Gasteiger partial charge in [0.05, 0.1) is 18.4 Å². The molecule has 1 aromatic heterocycles. The summed E-state index contributed by atoms with van der Waals surface area (Å²) in [4.78, 5) is 2.09. The van der Waals surface area contributed by atoms with Gasteiger partial charge >= 0.3 is 0 Å². The van der Waals surface area contributed by atoms with Gasteiger partial charge in [0.25, 0.3) is 0 Å². The molecule has 6 nitrogen and oxygen atoms in total. The summed E-state index contributed by atoms with van der Waals surface area (Å²) in [7, 11) is 1.90. The molecule has 2 rings (SSSR count). The van der Waals surface area contributed by atoms with E-state index >= 15 is 0 Å². The molecule has 1 fully saturated rings. The minimum Gasteiger partial charge on any atom is -0.373 e. The highest BCUT2D eigenvalue weighted by Gasteiger charge is 2.24. The van der Waals surface area contributed by atoms with Crippen LogP contribution in [0.15, 0.2) is 0 Å². The zero-order valence-electron chi connectivity index (χ0n) is 11.6. The maximum Gasteiger partial charge on any atom is 0.169 e. The molecule has 1 aliphatic heterocycles. The monoisotopic (exact) mass is 261 g/mol. The summed E-state index contributed by atoms with van der Waals surface area (Å²) in [5, 5.41) is 20.8. The molecule has 2 heterocycles. The number of aryl methyl sites for hydroxylation is 1. The van der Waals surface area contributed by atoms with E-state index in [1.807, 2.05) is 20.9 Å². The van der Waals surface area contributed by atoms with Crippen LogP contribution in [0, 0.1) is 25.2 Å². The molecule has 1 atom stereocenters. The first-order valence-electron chi connectivity index (χ1n) is 6.42. The lowest BCUT2D eigenvalue weighted by Crippen LogP contribution is -2.47. The van der Waals surface area contributed by atoms with Gasteiger partial charge in [0, 0.05) is 19.6 Å². The van der Waals surface area contributed by atoms with Crippen molar-refractivity contribution in [2.45, 2.75) is 20.0 Å². The van der Waals surface area contributed by atoms with Crippen molar-refractivity contribution in [1.82, 2.24) is 15.5 Å². The first-order chi connectivity index (χ1) is 9.17. The second kappa shape index (κ2) is 5.95. The molecular formula is C13H19N5O. The number of morpholine rings is 1. The summed E-state index contributed by atoms with van der Waals surface area (Å²) in [5.41, 5.74) is 2.34. The lowest BCUT2D eigenvalue weighted by molar-refractivity contribution is 0.0418. The van der Waals surface area contributed by atoms with E-state index in [1.54, 1.807) is 0 Å². The number of ether oxygens (including phenoxy) is 1. The number of nitrogens with zero attached hydrogens (tertiary/aromatic N) is 4. The zero-order valence-corrected chi connectivity index (χ0v) is 11.6. The van der Waals surface area contributed by atoms with Gasteiger partial charge in [-0.1, -0.05) is 0 Å². The van der Waals surface area contributed by atoms with Crippen LogP contribution in [0.25, 0.3) is 0 Å². The van der Waals surface area contributed by atoms with Crippen molar-refractivity contribution < 1.29 is 4.74 Å². The Morgan fingerprint density at radius 2 is 2.26 bits per heavy atom. The topological polar surface area (TPSA) is 74.1 Å². The SMILES string of the molecule is CNCC1CN(c2nnc(C)c(C)c2C#N)CCO1. The Morgan fingerprint density at radius 1 is 1.47 bits per heavy atom. The van der Waals surface area contributed by atoms with Gasteiger partial charge in [0.1, 0.15) is 11.6 Å². The average Bonchev–Trinajstić information content (AvgIpc) is 2.42. The standard InChI is InChI=1S/C13H19N5O/c1-9-10(2)16-17-13(12(9)6-14)18-4-5-19-11(8-18)7-15-3/h11,15H,4-5,7-8H2,1-3H3. The second-order valence-corrected chi connectivity index (χ2v) is 4.72. The Kier molecular flexibility index (Phi) is 4.30. The van der Waals surface area contributed by atoms with Crippen LogP contribution in [0.3, 0.4) is 0 Å². The second-order valence-electron chi connectivity index (χ2n) is 4.72. The molecule has 0 aliphatic carbocycles. The van der Waals surface area contributed by atoms with Crippen molar-refractivity contribution in [2.24, 2.45) is 0 Å². The molecule has 102 valence electrons. The lowest BCUT2D eigenvalue weighted by atomic mass is 10.1. The molecule has 1 aliphatic rings. The normalized spacial score (nSPS) is 19.3. The van der Waals surface area contributed by atoms with E-state index in [1.165, 1.54) is 0 Å². The number of hydrogen-bond acceptors (Lipinski definition) is 6. The van der Waals surface area contributed by atoms with Crippen molar-refractivity contribution in [3.8, 4) is 6.07 Å². The molecule has 1 aromatic rings. The van der Waals surface area contributed by atoms with Gasteiger partial charge in [-0.05, 0) is 26.5 Å². The van der Waals surface area contributed by atoms with Gasteiger partial charge in [0.2, 0.25) is 0 Å². The van der Waals surface area contributed by atoms with Crippen LogP contribution in [0.2, 0.25) is 0 Å². The fraction of sp³-hybridized carbons (Fsp3) is 0.615. The number of rotatable bonds is 3. The highest BCUT2D eigenvalue weighted by Crippen LogP contribution is 2.22. The summed E-state index contributed by atoms with van der Waals surface area (Å²) in [6, 6.07) is 2.25. The van der Waals surface area contributed by atoms with Crippen molar-refractivity contribution in [3.63, 3.8) is 0 Å². The maximum absolute atomic E-state index is 9.34. The first kappa shape index (κ1) is 13.7. The fourth-order valence-corrected chi connectivity index (χ4v) is 2.21. The van der Waals surface area contributed by atoms with Crippen LogP contribution in [0.5, 0.6) is 0 Å². The minimum absolute atomic E-state index is 0.119. The van der Waals surface area contributed by atoms with Crippen LogP contribution < -0.4 is 10.2 Å². The Balaban J connectivity index is 2.27. The van der Waals surface area contributed by atoms with Crippen molar-refractivity contribution >= 4 is 5.82 Å². The Labute approximate surface area is 113 Å². The van der Waals surface area contributed by atoms with E-state index in [9.17, 15) is 5.26 Å². The quantitative estimate of drug-likeness (QED) is 0.848. The fourth-order valence-electron chi connectivity index (χ4n) is 2.21. The van der Waals surface area contributed by atoms with Gasteiger partial charge in [-0.15, -0.1) is 5.10 Å². The Bertz CT molecular complexity index is 495. The van der Waals surface area contributed by atoms with Crippen molar-refractivity contribution in [1.29, 1.82) is 5.26 Å². The summed E-state index contributed by atoms with van der Waals surface area (Å²) >= 11 is 0. The highest BCUT2D eigenvalue weighted by molar-refractivity contribution is 5.57. The molecule has 0 saturated carbocycles. The predicted octanol–water partition coefficient (Wildman–Crippen LogP) is 0.390. The van der Waals surface area contributed by atoms with Crippen LogP contribution in [-0.4, -0.2) is 49.6 Å². The molecule has 0 spiro atoms. The summed E-state index contributed by atoms with van der Waals surface area (Å²) in [6.45, 7) is 6.69. The molecule has 1 N–H and O–H groups in total. The van der Waals surface area contributed by atoms with Crippen LogP contribution >= 0.6 is 0 Å². The van der Waals surface area contributed by atoms with Gasteiger partial charge in [0.15, 0.2) is 5.82 Å². The van der Waals surface area contributed by atoms with Gasteiger partial charge in [-0.2, -0.15) is 10.4 Å². The number of likely N-dealkylation sites (N-methyl/N-ethyl adjacent to an activating group) is 1. The van der Waals surface area contributed by atoms with Crippen LogP contribution in [0.1, 0.15) is 16.8 Å². The smallest absolute Gasteiger partial charge is 0.169 e. The molecule has 19 heavy (non-hydrogen) atoms. The van der Waals surface area contributed by atoms with Gasteiger partial charge in [-0.3, -0.25) is 0 Å². The number of aromatic nitrogens is 2. The molecule has 0 aromatic carbocycles. The van der Waals surface area contributed by atoms with Gasteiger partial charge in [-0.25, -0.2) is 0 Å². The number of anilines is 1. The first-order valence-corrected chi connectivity index (χ1v) is 6.42. The third-order valence-corrected chi connectivity index (χ3v) is 3.42. The van der Waals surface area contributed by atoms with Crippen molar-refractivity contribution in [2.75, 3.05) is 38.2 Å². The lowest BCUT2D eigenvalue weighted by Gasteiger charge is -2.34. The van der Waals surface area contributed by atoms with E-state index in [0.29, 0.717) is 18.0 Å².